The highest BCUT2D eigenvalue weighted by molar-refractivity contribution is 6.01. The zero-order chi connectivity index (χ0) is 18.7. The lowest BCUT2D eigenvalue weighted by Crippen LogP contribution is -2.44. The van der Waals surface area contributed by atoms with E-state index in [-0.39, 0.29) is 42.6 Å². The summed E-state index contributed by atoms with van der Waals surface area (Å²) in [6.07, 6.45) is 1.11. The van der Waals surface area contributed by atoms with E-state index in [0.717, 1.165) is 23.2 Å². The van der Waals surface area contributed by atoms with Gasteiger partial charge in [0, 0.05) is 31.2 Å². The van der Waals surface area contributed by atoms with Crippen molar-refractivity contribution >= 4 is 29.9 Å². The van der Waals surface area contributed by atoms with Gasteiger partial charge in [-0.2, -0.15) is 0 Å². The van der Waals surface area contributed by atoms with Gasteiger partial charge in [-0.1, -0.05) is 31.5 Å². The largest absolute Gasteiger partial charge is 0.352 e. The molecule has 1 fully saturated rings. The predicted octanol–water partition coefficient (Wildman–Crippen LogP) is 2.88. The summed E-state index contributed by atoms with van der Waals surface area (Å²) in [5.41, 5.74) is 10.1. The molecule has 0 spiro atoms. The summed E-state index contributed by atoms with van der Waals surface area (Å²) in [5, 5.41) is 3.03. The maximum atomic E-state index is 12.6. The van der Waals surface area contributed by atoms with Crippen LogP contribution in [0.3, 0.4) is 0 Å². The van der Waals surface area contributed by atoms with Gasteiger partial charge in [0.15, 0.2) is 0 Å². The molecule has 2 amide bonds. The van der Waals surface area contributed by atoms with Crippen LogP contribution >= 0.6 is 12.4 Å². The van der Waals surface area contributed by atoms with E-state index >= 15 is 0 Å². The molecule has 1 aliphatic heterocycles. The van der Waals surface area contributed by atoms with E-state index in [2.05, 4.69) is 31.3 Å². The van der Waals surface area contributed by atoms with Crippen molar-refractivity contribution in [3.05, 3.63) is 28.8 Å². The lowest BCUT2D eigenvalue weighted by Gasteiger charge is -2.23. The van der Waals surface area contributed by atoms with Crippen LogP contribution in [-0.4, -0.2) is 30.9 Å². The molecule has 0 saturated carbocycles. The molecule has 146 valence electrons. The van der Waals surface area contributed by atoms with Gasteiger partial charge in [-0.05, 0) is 44.2 Å². The van der Waals surface area contributed by atoms with Crippen molar-refractivity contribution in [3.63, 3.8) is 0 Å². The van der Waals surface area contributed by atoms with E-state index < -0.39 is 0 Å². The normalized spacial score (nSPS) is 18.0. The molecule has 0 aliphatic carbocycles. The van der Waals surface area contributed by atoms with E-state index in [4.69, 9.17) is 5.73 Å². The first-order valence-corrected chi connectivity index (χ1v) is 9.11. The van der Waals surface area contributed by atoms with Gasteiger partial charge in [0.25, 0.3) is 0 Å². The number of rotatable bonds is 6. The number of hydrogen-bond acceptors (Lipinski definition) is 3. The fourth-order valence-corrected chi connectivity index (χ4v) is 3.80. The van der Waals surface area contributed by atoms with Crippen LogP contribution in [0.15, 0.2) is 12.1 Å². The molecule has 0 bridgehead atoms. The third-order valence-electron chi connectivity index (χ3n) is 4.79. The summed E-state index contributed by atoms with van der Waals surface area (Å²) in [5.74, 6) is 0.111. The predicted molar refractivity (Wildman–Crippen MR) is 109 cm³/mol. The van der Waals surface area contributed by atoms with Crippen molar-refractivity contribution in [2.45, 2.75) is 53.5 Å². The van der Waals surface area contributed by atoms with Crippen LogP contribution in [0.4, 0.5) is 5.69 Å². The number of halogens is 1. The van der Waals surface area contributed by atoms with E-state index in [0.29, 0.717) is 19.0 Å². The van der Waals surface area contributed by atoms with Gasteiger partial charge in [0.1, 0.15) is 0 Å². The fraction of sp³-hybridized carbons (Fsp3) is 0.600. The van der Waals surface area contributed by atoms with Gasteiger partial charge in [-0.25, -0.2) is 0 Å². The highest BCUT2D eigenvalue weighted by Gasteiger charge is 2.36. The molecule has 1 aromatic carbocycles. The number of nitrogens with one attached hydrogen (secondary N) is 1. The molecule has 2 rings (SSSR count). The van der Waals surface area contributed by atoms with Crippen molar-refractivity contribution in [3.8, 4) is 0 Å². The van der Waals surface area contributed by atoms with E-state index in [1.165, 1.54) is 5.56 Å². The molecule has 6 heteroatoms. The minimum absolute atomic E-state index is 0. The van der Waals surface area contributed by atoms with E-state index in [1.807, 2.05) is 20.8 Å². The molecule has 2 unspecified atom stereocenters. The topological polar surface area (TPSA) is 75.4 Å². The Labute approximate surface area is 163 Å². The van der Waals surface area contributed by atoms with Crippen LogP contribution in [0.1, 0.15) is 43.4 Å². The average Bonchev–Trinajstić information content (AvgIpc) is 2.87. The lowest BCUT2D eigenvalue weighted by molar-refractivity contribution is -0.127. The zero-order valence-corrected chi connectivity index (χ0v) is 17.3. The maximum absolute atomic E-state index is 12.6. The smallest absolute Gasteiger partial charge is 0.227 e. The first kappa shape index (κ1) is 22.5. The molecule has 0 aromatic heterocycles. The van der Waals surface area contributed by atoms with Crippen LogP contribution in [0.2, 0.25) is 0 Å². The van der Waals surface area contributed by atoms with E-state index in [1.54, 1.807) is 4.90 Å². The van der Waals surface area contributed by atoms with Crippen LogP contribution < -0.4 is 16.0 Å². The Balaban J connectivity index is 0.00000338. The third-order valence-corrected chi connectivity index (χ3v) is 4.79. The second kappa shape index (κ2) is 9.38. The number of hydrogen-bond donors (Lipinski definition) is 2. The number of carbonyl (C=O) groups excluding carboxylic acids is 2. The Bertz CT molecular complexity index is 637. The minimum atomic E-state index is -0.311. The summed E-state index contributed by atoms with van der Waals surface area (Å²) in [6.45, 7) is 11.2. The van der Waals surface area contributed by atoms with Gasteiger partial charge in [0.2, 0.25) is 11.8 Å². The summed E-state index contributed by atoms with van der Waals surface area (Å²) < 4.78 is 0. The molecule has 1 aromatic rings. The molecule has 0 radical (unpaired) electrons. The van der Waals surface area contributed by atoms with Gasteiger partial charge in [-0.15, -0.1) is 12.4 Å². The van der Waals surface area contributed by atoms with Crippen molar-refractivity contribution in [1.82, 2.24) is 5.32 Å². The highest BCUT2D eigenvalue weighted by Crippen LogP contribution is 2.32. The van der Waals surface area contributed by atoms with Gasteiger partial charge >= 0.3 is 0 Å². The second-order valence-electron chi connectivity index (χ2n) is 7.72. The molecule has 1 aliphatic rings. The zero-order valence-electron chi connectivity index (χ0n) is 16.5. The highest BCUT2D eigenvalue weighted by atomic mass is 35.5. The second-order valence-corrected chi connectivity index (χ2v) is 7.72. The van der Waals surface area contributed by atoms with Crippen molar-refractivity contribution in [2.75, 3.05) is 18.0 Å². The quantitative estimate of drug-likeness (QED) is 0.795. The Morgan fingerprint density at radius 2 is 1.85 bits per heavy atom. The third kappa shape index (κ3) is 5.21. The monoisotopic (exact) mass is 381 g/mol. The number of anilines is 1. The first-order chi connectivity index (χ1) is 11.7. The number of carbonyl (C=O) groups is 2. The Hall–Kier alpha value is -1.59. The Morgan fingerprint density at radius 1 is 1.27 bits per heavy atom. The summed E-state index contributed by atoms with van der Waals surface area (Å²) in [4.78, 5) is 26.9. The standard InChI is InChI=1S/C20H31N3O2.ClH/c1-12(2)6-17(10-21)22-20(25)16-9-18(24)23(11-16)19-14(4)7-13(3)8-15(19)5;/h7-8,12,16-17H,6,9-11,21H2,1-5H3,(H,22,25);1H. The lowest BCUT2D eigenvalue weighted by atomic mass is 10.0. The van der Waals surface area contributed by atoms with Crippen molar-refractivity contribution in [2.24, 2.45) is 17.6 Å². The van der Waals surface area contributed by atoms with Crippen LogP contribution in [0, 0.1) is 32.6 Å². The van der Waals surface area contributed by atoms with Crippen LogP contribution in [-0.2, 0) is 9.59 Å². The average molecular weight is 382 g/mol. The maximum Gasteiger partial charge on any atom is 0.227 e. The summed E-state index contributed by atoms with van der Waals surface area (Å²) in [6, 6.07) is 4.13. The minimum Gasteiger partial charge on any atom is -0.352 e. The fourth-order valence-electron chi connectivity index (χ4n) is 3.80. The van der Waals surface area contributed by atoms with Crippen molar-refractivity contribution < 1.29 is 9.59 Å². The van der Waals surface area contributed by atoms with Gasteiger partial charge < -0.3 is 16.0 Å². The number of nitrogens with zero attached hydrogens (tertiary/aromatic N) is 1. The van der Waals surface area contributed by atoms with Crippen molar-refractivity contribution in [1.29, 1.82) is 0 Å². The number of aryl methyl sites for hydroxylation is 3. The summed E-state index contributed by atoms with van der Waals surface area (Å²) >= 11 is 0. The van der Waals surface area contributed by atoms with Gasteiger partial charge in [-0.3, -0.25) is 9.59 Å². The molecular weight excluding hydrogens is 350 g/mol. The molecular formula is C20H32ClN3O2. The van der Waals surface area contributed by atoms with E-state index in [9.17, 15) is 9.59 Å². The number of amides is 2. The molecule has 26 heavy (non-hydrogen) atoms. The first-order valence-electron chi connectivity index (χ1n) is 9.11. The van der Waals surface area contributed by atoms with Crippen LogP contribution in [0.5, 0.6) is 0 Å². The molecule has 2 atom stereocenters. The Morgan fingerprint density at radius 3 is 2.35 bits per heavy atom. The molecule has 1 saturated heterocycles. The van der Waals surface area contributed by atoms with Gasteiger partial charge in [0.05, 0.1) is 5.92 Å². The van der Waals surface area contributed by atoms with Crippen LogP contribution in [0.25, 0.3) is 0 Å². The molecule has 1 heterocycles. The molecule has 5 nitrogen and oxygen atoms in total. The number of benzene rings is 1. The summed E-state index contributed by atoms with van der Waals surface area (Å²) in [7, 11) is 0. The molecule has 3 N–H and O–H groups in total. The SMILES string of the molecule is Cc1cc(C)c(N2CC(C(=O)NC(CN)CC(C)C)CC2=O)c(C)c1.Cl. The number of nitrogens with two attached hydrogens (primary N) is 1. The Kier molecular flexibility index (Phi) is 8.10.